The predicted molar refractivity (Wildman–Crippen MR) is 105 cm³/mol. The third-order valence-electron chi connectivity index (χ3n) is 4.08. The first-order valence-corrected chi connectivity index (χ1v) is 9.68. The average Bonchev–Trinajstić information content (AvgIpc) is 3.00. The molecule has 0 unspecified atom stereocenters. The average molecular weight is 428 g/mol. The molecule has 10 heteroatoms. The van der Waals surface area contributed by atoms with Crippen LogP contribution in [0, 0.1) is 6.92 Å². The number of nitrogens with zero attached hydrogens (tertiary/aromatic N) is 3. The van der Waals surface area contributed by atoms with Crippen molar-refractivity contribution in [2.24, 2.45) is 4.99 Å². The molecule has 2 rings (SSSR count). The van der Waals surface area contributed by atoms with Crippen LogP contribution in [0.1, 0.15) is 33.8 Å². The molecule has 1 aromatic heterocycles. The highest BCUT2D eigenvalue weighted by Crippen LogP contribution is 2.29. The molecule has 1 heterocycles. The summed E-state index contributed by atoms with van der Waals surface area (Å²) in [5.74, 6) is -1.04. The highest BCUT2D eigenvalue weighted by atomic mass is 32.1. The van der Waals surface area contributed by atoms with Crippen LogP contribution in [-0.2, 0) is 11.0 Å². The van der Waals surface area contributed by atoms with Gasteiger partial charge < -0.3 is 14.8 Å². The fourth-order valence-electron chi connectivity index (χ4n) is 2.49. The van der Waals surface area contributed by atoms with Crippen LogP contribution >= 0.6 is 11.3 Å². The highest BCUT2D eigenvalue weighted by molar-refractivity contribution is 7.09. The minimum atomic E-state index is -4.55. The van der Waals surface area contributed by atoms with Gasteiger partial charge in [0.2, 0.25) is 5.91 Å². The number of likely N-dealkylation sites (N-methyl/N-ethyl adjacent to an activating group) is 1. The molecule has 6 nitrogen and oxygen atoms in total. The number of aromatic nitrogens is 1. The van der Waals surface area contributed by atoms with Gasteiger partial charge in [0.25, 0.3) is 5.91 Å². The molecule has 0 radical (unpaired) electrons. The van der Waals surface area contributed by atoms with E-state index >= 15 is 0 Å². The van der Waals surface area contributed by atoms with Gasteiger partial charge >= 0.3 is 6.18 Å². The Kier molecular flexibility index (Phi) is 7.37. The van der Waals surface area contributed by atoms with Crippen molar-refractivity contribution in [2.45, 2.75) is 26.1 Å². The van der Waals surface area contributed by atoms with Crippen molar-refractivity contribution in [1.82, 2.24) is 14.8 Å². The summed E-state index contributed by atoms with van der Waals surface area (Å²) in [6.07, 6.45) is -2.85. The van der Waals surface area contributed by atoms with E-state index in [2.05, 4.69) is 10.3 Å². The van der Waals surface area contributed by atoms with Gasteiger partial charge in [-0.25, -0.2) is 0 Å². The number of carbonyl (C=O) groups is 2. The number of carbonyl (C=O) groups excluding carboxylic acids is 2. The third kappa shape index (κ3) is 6.26. The number of hydrogen-bond acceptors (Lipinski definition) is 4. The zero-order valence-corrected chi connectivity index (χ0v) is 17.4. The number of halogens is 3. The highest BCUT2D eigenvalue weighted by Gasteiger charge is 2.31. The van der Waals surface area contributed by atoms with Crippen LogP contribution in [0.2, 0.25) is 0 Å². The normalized spacial score (nSPS) is 13.6. The lowest BCUT2D eigenvalue weighted by atomic mass is 10.1. The molecule has 1 atom stereocenters. The molecular formula is C19H23F3N4O2S. The molecular weight excluding hydrogens is 405 g/mol. The van der Waals surface area contributed by atoms with Gasteiger partial charge in [-0.1, -0.05) is 6.07 Å². The van der Waals surface area contributed by atoms with E-state index in [9.17, 15) is 22.8 Å². The van der Waals surface area contributed by atoms with Gasteiger partial charge in [0.15, 0.2) is 4.80 Å². The Morgan fingerprint density at radius 3 is 2.62 bits per heavy atom. The van der Waals surface area contributed by atoms with Gasteiger partial charge in [0.05, 0.1) is 5.56 Å². The van der Waals surface area contributed by atoms with Crippen LogP contribution < -0.4 is 10.1 Å². The first-order valence-electron chi connectivity index (χ1n) is 8.86. The molecule has 0 aliphatic carbocycles. The topological polar surface area (TPSA) is 66.7 Å². The Bertz CT molecular complexity index is 947. The van der Waals surface area contributed by atoms with Crippen molar-refractivity contribution in [1.29, 1.82) is 0 Å². The smallest absolute Gasteiger partial charge is 0.353 e. The number of amides is 2. The molecule has 0 bridgehead atoms. The Morgan fingerprint density at radius 2 is 2.00 bits per heavy atom. The fraction of sp³-hybridized carbons (Fsp3) is 0.421. The first-order chi connectivity index (χ1) is 13.5. The number of hydrogen-bond donors (Lipinski definition) is 1. The summed E-state index contributed by atoms with van der Waals surface area (Å²) in [5, 5.41) is 2.81. The largest absolute Gasteiger partial charge is 0.416 e. The number of thiazole rings is 1. The Balaban J connectivity index is 2.28. The molecule has 0 saturated carbocycles. The zero-order chi connectivity index (χ0) is 21.8. The summed E-state index contributed by atoms with van der Waals surface area (Å²) in [7, 11) is 3.78. The Hall–Kier alpha value is -2.46. The van der Waals surface area contributed by atoms with Crippen LogP contribution in [0.15, 0.2) is 35.5 Å². The minimum Gasteiger partial charge on any atom is -0.353 e. The summed E-state index contributed by atoms with van der Waals surface area (Å²) in [4.78, 5) is 31.8. The summed E-state index contributed by atoms with van der Waals surface area (Å²) >= 11 is 1.19. The van der Waals surface area contributed by atoms with Crippen molar-refractivity contribution in [3.8, 4) is 0 Å². The van der Waals surface area contributed by atoms with Crippen LogP contribution in [-0.4, -0.2) is 48.5 Å². The van der Waals surface area contributed by atoms with Crippen molar-refractivity contribution in [3.05, 3.63) is 51.3 Å². The summed E-state index contributed by atoms with van der Waals surface area (Å²) in [5.41, 5.74) is -1.08. The lowest BCUT2D eigenvalue weighted by molar-refractivity contribution is -0.137. The SMILES string of the molecule is Cc1cn([C@H](C)C(=O)NCCN(C)C)c(=NC(=O)c2cccc(C(F)(F)F)c2)s1. The Labute approximate surface area is 170 Å². The van der Waals surface area contributed by atoms with Crippen molar-refractivity contribution in [2.75, 3.05) is 27.2 Å². The number of nitrogens with one attached hydrogen (secondary N) is 1. The van der Waals surface area contributed by atoms with E-state index in [1.807, 2.05) is 19.0 Å². The van der Waals surface area contributed by atoms with Gasteiger partial charge in [-0.15, -0.1) is 11.3 Å². The van der Waals surface area contributed by atoms with Crippen molar-refractivity contribution >= 4 is 23.2 Å². The molecule has 1 N–H and O–H groups in total. The van der Waals surface area contributed by atoms with Gasteiger partial charge in [-0.2, -0.15) is 18.2 Å². The van der Waals surface area contributed by atoms with Crippen LogP contribution in [0.4, 0.5) is 13.2 Å². The van der Waals surface area contributed by atoms with E-state index in [0.29, 0.717) is 13.1 Å². The maximum absolute atomic E-state index is 12.9. The van der Waals surface area contributed by atoms with Gasteiger partial charge in [-0.05, 0) is 46.1 Å². The van der Waals surface area contributed by atoms with E-state index in [4.69, 9.17) is 0 Å². The molecule has 0 fully saturated rings. The van der Waals surface area contributed by atoms with E-state index < -0.39 is 23.7 Å². The van der Waals surface area contributed by atoms with E-state index in [-0.39, 0.29) is 16.3 Å². The zero-order valence-electron chi connectivity index (χ0n) is 16.6. The predicted octanol–water partition coefficient (Wildman–Crippen LogP) is 2.86. The number of aryl methyl sites for hydroxylation is 1. The molecule has 1 aromatic carbocycles. The molecule has 29 heavy (non-hydrogen) atoms. The van der Waals surface area contributed by atoms with Gasteiger partial charge in [-0.3, -0.25) is 9.59 Å². The second kappa shape index (κ2) is 9.36. The van der Waals surface area contributed by atoms with Crippen LogP contribution in [0.5, 0.6) is 0 Å². The maximum Gasteiger partial charge on any atom is 0.416 e. The molecule has 2 aromatic rings. The van der Waals surface area contributed by atoms with Crippen LogP contribution in [0.25, 0.3) is 0 Å². The van der Waals surface area contributed by atoms with E-state index in [0.717, 1.165) is 17.0 Å². The van der Waals surface area contributed by atoms with Gasteiger partial charge in [0, 0.05) is 29.7 Å². The summed E-state index contributed by atoms with van der Waals surface area (Å²) < 4.78 is 40.2. The van der Waals surface area contributed by atoms with Crippen molar-refractivity contribution < 1.29 is 22.8 Å². The summed E-state index contributed by atoms with van der Waals surface area (Å²) in [6.45, 7) is 4.61. The second-order valence-electron chi connectivity index (χ2n) is 6.80. The maximum atomic E-state index is 12.9. The minimum absolute atomic E-state index is 0.166. The Morgan fingerprint density at radius 1 is 1.31 bits per heavy atom. The number of rotatable bonds is 6. The second-order valence-corrected chi connectivity index (χ2v) is 8.01. The van der Waals surface area contributed by atoms with Crippen LogP contribution in [0.3, 0.4) is 0 Å². The third-order valence-corrected chi connectivity index (χ3v) is 5.00. The first kappa shape index (κ1) is 22.8. The van der Waals surface area contributed by atoms with Gasteiger partial charge in [0.1, 0.15) is 6.04 Å². The fourth-order valence-corrected chi connectivity index (χ4v) is 3.39. The standard InChI is InChI=1S/C19H23F3N4O2S/c1-12-11-26(13(2)16(27)23-8-9-25(3)4)18(29-12)24-17(28)14-6-5-7-15(10-14)19(20,21)22/h5-7,10-11,13H,8-9H2,1-4H3,(H,23,27)/t13-/m1/s1. The lowest BCUT2D eigenvalue weighted by Crippen LogP contribution is -2.37. The quantitative estimate of drug-likeness (QED) is 0.770. The lowest BCUT2D eigenvalue weighted by Gasteiger charge is -2.15. The number of alkyl halides is 3. The van der Waals surface area contributed by atoms with Crippen molar-refractivity contribution in [3.63, 3.8) is 0 Å². The molecule has 158 valence electrons. The molecule has 0 aliphatic heterocycles. The van der Waals surface area contributed by atoms with E-state index in [1.165, 1.54) is 23.5 Å². The monoisotopic (exact) mass is 428 g/mol. The number of benzene rings is 1. The molecule has 2 amide bonds. The molecule has 0 spiro atoms. The van der Waals surface area contributed by atoms with E-state index in [1.54, 1.807) is 24.6 Å². The molecule has 0 saturated heterocycles. The summed E-state index contributed by atoms with van der Waals surface area (Å²) in [6, 6.07) is 3.49. The molecule has 0 aliphatic rings.